The summed E-state index contributed by atoms with van der Waals surface area (Å²) in [5, 5.41) is 11.2. The van der Waals surface area contributed by atoms with Crippen LogP contribution < -0.4 is 0 Å². The Balaban J connectivity index is 2.14. The quantitative estimate of drug-likeness (QED) is 0.865. The number of hydrogen-bond donors (Lipinski definition) is 1. The number of likely N-dealkylation sites (tertiary alicyclic amines) is 1. The van der Waals surface area contributed by atoms with E-state index in [2.05, 4.69) is 0 Å². The van der Waals surface area contributed by atoms with Gasteiger partial charge in [0, 0.05) is 17.5 Å². The van der Waals surface area contributed by atoms with E-state index in [1.165, 1.54) is 11.0 Å². The Bertz CT molecular complexity index is 535. The predicted octanol–water partition coefficient (Wildman–Crippen LogP) is 2.54. The smallest absolute Gasteiger partial charge is 0.329 e. The second-order valence-corrected chi connectivity index (χ2v) is 5.92. The second kappa shape index (κ2) is 5.17. The molecule has 2 rings (SSSR count). The van der Waals surface area contributed by atoms with Crippen molar-refractivity contribution in [1.82, 2.24) is 4.90 Å². The van der Waals surface area contributed by atoms with E-state index in [1.54, 1.807) is 24.3 Å². The fraction of sp³-hybridized carbons (Fsp3) is 0.429. The van der Waals surface area contributed by atoms with Gasteiger partial charge in [0.05, 0.1) is 0 Å². The molecular formula is C14H17NO3S. The summed E-state index contributed by atoms with van der Waals surface area (Å²) in [7, 11) is 0. The van der Waals surface area contributed by atoms with Gasteiger partial charge in [0.1, 0.15) is 5.54 Å². The third-order valence-electron chi connectivity index (χ3n) is 3.65. The molecule has 19 heavy (non-hydrogen) atoms. The summed E-state index contributed by atoms with van der Waals surface area (Å²) >= 11 is 1.57. The number of carbonyl (C=O) groups is 2. The average Bonchev–Trinajstić information content (AvgIpc) is 2.93. The highest BCUT2D eigenvalue weighted by atomic mass is 32.1. The molecule has 0 aliphatic carbocycles. The van der Waals surface area contributed by atoms with Gasteiger partial charge in [-0.1, -0.05) is 0 Å². The van der Waals surface area contributed by atoms with Gasteiger partial charge in [-0.2, -0.15) is 0 Å². The van der Waals surface area contributed by atoms with Gasteiger partial charge in [0.25, 0.3) is 0 Å². The van der Waals surface area contributed by atoms with Crippen molar-refractivity contribution < 1.29 is 14.7 Å². The van der Waals surface area contributed by atoms with E-state index in [0.29, 0.717) is 13.0 Å². The Morgan fingerprint density at radius 2 is 2.26 bits per heavy atom. The molecule has 1 amide bonds. The van der Waals surface area contributed by atoms with Gasteiger partial charge in [0.2, 0.25) is 5.91 Å². The maximum absolute atomic E-state index is 12.2. The number of nitrogens with zero attached hydrogens (tertiary/aromatic N) is 1. The molecular weight excluding hydrogens is 262 g/mol. The van der Waals surface area contributed by atoms with Crippen LogP contribution >= 0.6 is 11.3 Å². The number of hydrogen-bond acceptors (Lipinski definition) is 3. The number of aryl methyl sites for hydroxylation is 1. The lowest BCUT2D eigenvalue weighted by molar-refractivity contribution is -0.153. The molecule has 1 aliphatic rings. The average molecular weight is 279 g/mol. The van der Waals surface area contributed by atoms with Crippen LogP contribution in [0.3, 0.4) is 0 Å². The van der Waals surface area contributed by atoms with E-state index in [9.17, 15) is 14.7 Å². The Morgan fingerprint density at radius 3 is 2.84 bits per heavy atom. The molecule has 1 aromatic rings. The van der Waals surface area contributed by atoms with E-state index in [0.717, 1.165) is 16.9 Å². The van der Waals surface area contributed by atoms with Gasteiger partial charge >= 0.3 is 5.97 Å². The van der Waals surface area contributed by atoms with Crippen LogP contribution in [0.15, 0.2) is 17.5 Å². The summed E-state index contributed by atoms with van der Waals surface area (Å²) < 4.78 is 0. The number of carbonyl (C=O) groups excluding carboxylic acids is 1. The lowest BCUT2D eigenvalue weighted by atomic mass is 9.99. The van der Waals surface area contributed by atoms with Crippen LogP contribution in [0.25, 0.3) is 6.08 Å². The molecule has 1 N–H and O–H groups in total. The van der Waals surface area contributed by atoms with Gasteiger partial charge in [-0.15, -0.1) is 11.3 Å². The number of rotatable bonds is 3. The van der Waals surface area contributed by atoms with Crippen LogP contribution in [-0.2, 0) is 9.59 Å². The standard InChI is InChI=1S/C14H17NO3S/c1-10-6-9-19-11(10)4-5-12(16)15-8-3-7-14(15,2)13(17)18/h4-6,9H,3,7-8H2,1-2H3,(H,17,18). The number of thiophene rings is 1. The van der Waals surface area contributed by atoms with Gasteiger partial charge in [0.15, 0.2) is 0 Å². The zero-order valence-electron chi connectivity index (χ0n) is 11.0. The molecule has 0 spiro atoms. The molecule has 0 bridgehead atoms. The van der Waals surface area contributed by atoms with Crippen molar-refractivity contribution in [3.8, 4) is 0 Å². The molecule has 1 unspecified atom stereocenters. The van der Waals surface area contributed by atoms with Crippen molar-refractivity contribution in [2.75, 3.05) is 6.54 Å². The fourth-order valence-corrected chi connectivity index (χ4v) is 3.15. The Kier molecular flexibility index (Phi) is 3.75. The van der Waals surface area contributed by atoms with E-state index in [4.69, 9.17) is 0 Å². The van der Waals surface area contributed by atoms with Crippen LogP contribution in [0.5, 0.6) is 0 Å². The van der Waals surface area contributed by atoms with E-state index in [-0.39, 0.29) is 5.91 Å². The highest BCUT2D eigenvalue weighted by molar-refractivity contribution is 7.11. The van der Waals surface area contributed by atoms with Gasteiger partial charge in [-0.3, -0.25) is 4.79 Å². The topological polar surface area (TPSA) is 57.6 Å². The minimum Gasteiger partial charge on any atom is -0.480 e. The number of amides is 1. The molecule has 1 aliphatic heterocycles. The summed E-state index contributed by atoms with van der Waals surface area (Å²) in [6.45, 7) is 4.11. The largest absolute Gasteiger partial charge is 0.480 e. The van der Waals surface area contributed by atoms with Crippen LogP contribution in [0, 0.1) is 6.92 Å². The summed E-state index contributed by atoms with van der Waals surface area (Å²) in [6.07, 6.45) is 4.49. The first-order chi connectivity index (χ1) is 8.95. The van der Waals surface area contributed by atoms with Crippen LogP contribution in [0.2, 0.25) is 0 Å². The molecule has 1 fully saturated rings. The highest BCUT2D eigenvalue weighted by Crippen LogP contribution is 2.29. The summed E-state index contributed by atoms with van der Waals surface area (Å²) in [5.41, 5.74) is 0.0582. The molecule has 5 heteroatoms. The van der Waals surface area contributed by atoms with E-state index >= 15 is 0 Å². The lowest BCUT2D eigenvalue weighted by Crippen LogP contribution is -2.50. The zero-order valence-corrected chi connectivity index (χ0v) is 11.9. The zero-order chi connectivity index (χ0) is 14.0. The van der Waals surface area contributed by atoms with E-state index < -0.39 is 11.5 Å². The molecule has 1 aromatic heterocycles. The Labute approximate surface area is 116 Å². The first-order valence-electron chi connectivity index (χ1n) is 6.22. The third kappa shape index (κ3) is 2.56. The maximum atomic E-state index is 12.2. The third-order valence-corrected chi connectivity index (χ3v) is 4.63. The normalized spacial score (nSPS) is 23.2. The van der Waals surface area contributed by atoms with Crippen molar-refractivity contribution in [3.63, 3.8) is 0 Å². The molecule has 1 saturated heterocycles. The van der Waals surface area contributed by atoms with Crippen molar-refractivity contribution in [1.29, 1.82) is 0 Å². The summed E-state index contributed by atoms with van der Waals surface area (Å²) in [6, 6.07) is 1.99. The number of carboxylic acids is 1. The molecule has 102 valence electrons. The monoisotopic (exact) mass is 279 g/mol. The first-order valence-corrected chi connectivity index (χ1v) is 7.10. The molecule has 0 aromatic carbocycles. The Hall–Kier alpha value is -1.62. The van der Waals surface area contributed by atoms with Crippen LogP contribution in [-0.4, -0.2) is 34.0 Å². The second-order valence-electron chi connectivity index (χ2n) is 4.97. The van der Waals surface area contributed by atoms with Crippen molar-refractivity contribution >= 4 is 29.3 Å². The highest BCUT2D eigenvalue weighted by Gasteiger charge is 2.45. The van der Waals surface area contributed by atoms with Crippen molar-refractivity contribution in [3.05, 3.63) is 28.0 Å². The van der Waals surface area contributed by atoms with Crippen molar-refractivity contribution in [2.45, 2.75) is 32.2 Å². The fourth-order valence-electron chi connectivity index (χ4n) is 2.33. The molecule has 2 heterocycles. The van der Waals surface area contributed by atoms with Crippen LogP contribution in [0.4, 0.5) is 0 Å². The summed E-state index contributed by atoms with van der Waals surface area (Å²) in [5.74, 6) is -1.16. The molecule has 1 atom stereocenters. The molecule has 4 nitrogen and oxygen atoms in total. The lowest BCUT2D eigenvalue weighted by Gasteiger charge is -2.30. The van der Waals surface area contributed by atoms with Gasteiger partial charge in [-0.05, 0) is 49.8 Å². The number of carboxylic acid groups (broad SMARTS) is 1. The van der Waals surface area contributed by atoms with Crippen molar-refractivity contribution in [2.24, 2.45) is 0 Å². The minimum absolute atomic E-state index is 0.227. The van der Waals surface area contributed by atoms with Gasteiger partial charge in [-0.25, -0.2) is 4.79 Å². The Morgan fingerprint density at radius 1 is 1.53 bits per heavy atom. The summed E-state index contributed by atoms with van der Waals surface area (Å²) in [4.78, 5) is 25.9. The molecule has 0 saturated carbocycles. The SMILES string of the molecule is Cc1ccsc1C=CC(=O)N1CCCC1(C)C(=O)O. The predicted molar refractivity (Wildman–Crippen MR) is 75.1 cm³/mol. The molecule has 0 radical (unpaired) electrons. The van der Waals surface area contributed by atoms with Crippen LogP contribution in [0.1, 0.15) is 30.2 Å². The first kappa shape index (κ1) is 13.8. The van der Waals surface area contributed by atoms with E-state index in [1.807, 2.05) is 18.4 Å². The minimum atomic E-state index is -1.06. The number of aliphatic carboxylic acids is 1. The maximum Gasteiger partial charge on any atom is 0.329 e. The van der Waals surface area contributed by atoms with Gasteiger partial charge < -0.3 is 10.0 Å².